The van der Waals surface area contributed by atoms with Gasteiger partial charge in [-0.1, -0.05) is 12.1 Å². The van der Waals surface area contributed by atoms with E-state index in [1.165, 1.54) is 16.8 Å². The van der Waals surface area contributed by atoms with Gasteiger partial charge in [0.1, 0.15) is 17.9 Å². The molecule has 2 aromatic heterocycles. The monoisotopic (exact) mass is 393 g/mol. The predicted octanol–water partition coefficient (Wildman–Crippen LogP) is 1.74. The molecule has 29 heavy (non-hydrogen) atoms. The highest BCUT2D eigenvalue weighted by Crippen LogP contribution is 2.27. The standard InChI is InChI=1S/C21H23N5O3/c1-13(19-24-16-6-2-3-7-17(16)25-19)23-18(27)12-26-10-4-5-15(21(26)29)20(28)22-11-14-8-9-14/h2-7,10,13-14H,8-9,11-12H2,1H3,(H,22,28)(H,23,27)(H,24,25). The molecule has 4 rings (SSSR count). The van der Waals surface area contributed by atoms with Gasteiger partial charge in [0.15, 0.2) is 0 Å². The number of aromatic amines is 1. The quantitative estimate of drug-likeness (QED) is 0.568. The lowest BCUT2D eigenvalue weighted by Crippen LogP contribution is -2.37. The van der Waals surface area contributed by atoms with Crippen molar-refractivity contribution >= 4 is 22.8 Å². The van der Waals surface area contributed by atoms with Gasteiger partial charge < -0.3 is 20.2 Å². The molecule has 150 valence electrons. The Bertz CT molecular complexity index is 1080. The van der Waals surface area contributed by atoms with Gasteiger partial charge in [0.2, 0.25) is 5.91 Å². The van der Waals surface area contributed by atoms with Gasteiger partial charge in [-0.3, -0.25) is 14.4 Å². The van der Waals surface area contributed by atoms with E-state index >= 15 is 0 Å². The molecule has 1 saturated carbocycles. The predicted molar refractivity (Wildman–Crippen MR) is 108 cm³/mol. The second-order valence-corrected chi connectivity index (χ2v) is 7.44. The van der Waals surface area contributed by atoms with E-state index in [1.807, 2.05) is 31.2 Å². The van der Waals surface area contributed by atoms with Crippen LogP contribution in [-0.4, -0.2) is 32.9 Å². The third-order valence-corrected chi connectivity index (χ3v) is 5.02. The van der Waals surface area contributed by atoms with Crippen LogP contribution in [0, 0.1) is 5.92 Å². The Morgan fingerprint density at radius 2 is 2.03 bits per heavy atom. The van der Waals surface area contributed by atoms with Crippen LogP contribution in [0.15, 0.2) is 47.4 Å². The molecule has 1 atom stereocenters. The molecule has 0 bridgehead atoms. The third-order valence-electron chi connectivity index (χ3n) is 5.02. The first-order valence-corrected chi connectivity index (χ1v) is 9.73. The van der Waals surface area contributed by atoms with Gasteiger partial charge in [-0.2, -0.15) is 0 Å². The molecule has 2 amide bonds. The van der Waals surface area contributed by atoms with Gasteiger partial charge in [0.05, 0.1) is 17.1 Å². The summed E-state index contributed by atoms with van der Waals surface area (Å²) in [6.45, 7) is 2.23. The Morgan fingerprint density at radius 1 is 1.24 bits per heavy atom. The number of amides is 2. The molecule has 0 saturated heterocycles. The van der Waals surface area contributed by atoms with Crippen LogP contribution in [0.2, 0.25) is 0 Å². The SMILES string of the molecule is CC(NC(=O)Cn1cccc(C(=O)NCC2CC2)c1=O)c1nc2ccccc2[nH]1. The first-order valence-electron chi connectivity index (χ1n) is 9.73. The van der Waals surface area contributed by atoms with Crippen LogP contribution in [0.4, 0.5) is 0 Å². The molecular weight excluding hydrogens is 370 g/mol. The zero-order valence-electron chi connectivity index (χ0n) is 16.1. The van der Waals surface area contributed by atoms with Crippen molar-refractivity contribution < 1.29 is 9.59 Å². The molecule has 1 aromatic carbocycles. The molecule has 0 aliphatic heterocycles. The van der Waals surface area contributed by atoms with Crippen molar-refractivity contribution in [2.75, 3.05) is 6.54 Å². The van der Waals surface area contributed by atoms with E-state index in [1.54, 1.807) is 6.07 Å². The summed E-state index contributed by atoms with van der Waals surface area (Å²) in [7, 11) is 0. The van der Waals surface area contributed by atoms with E-state index in [9.17, 15) is 14.4 Å². The summed E-state index contributed by atoms with van der Waals surface area (Å²) in [5, 5.41) is 5.62. The number of imidazole rings is 1. The summed E-state index contributed by atoms with van der Waals surface area (Å²) in [5.41, 5.74) is 1.29. The Kier molecular flexibility index (Phi) is 5.16. The highest BCUT2D eigenvalue weighted by Gasteiger charge is 2.23. The molecule has 1 aliphatic rings. The minimum absolute atomic E-state index is 0.0475. The summed E-state index contributed by atoms with van der Waals surface area (Å²) in [6, 6.07) is 10.3. The zero-order valence-corrected chi connectivity index (χ0v) is 16.1. The number of carbonyl (C=O) groups is 2. The van der Waals surface area contributed by atoms with Crippen molar-refractivity contribution in [1.82, 2.24) is 25.2 Å². The molecule has 3 N–H and O–H groups in total. The molecule has 8 heteroatoms. The second kappa shape index (κ2) is 7.90. The van der Waals surface area contributed by atoms with Gasteiger partial charge in [0, 0.05) is 12.7 Å². The second-order valence-electron chi connectivity index (χ2n) is 7.44. The number of pyridine rings is 1. The van der Waals surface area contributed by atoms with Gasteiger partial charge in [0.25, 0.3) is 11.5 Å². The molecule has 3 aromatic rings. The van der Waals surface area contributed by atoms with Crippen molar-refractivity contribution in [3.8, 4) is 0 Å². The van der Waals surface area contributed by atoms with E-state index in [0.717, 1.165) is 23.9 Å². The maximum Gasteiger partial charge on any atom is 0.263 e. The molecule has 0 radical (unpaired) electrons. The number of hydrogen-bond acceptors (Lipinski definition) is 4. The number of nitrogens with zero attached hydrogens (tertiary/aromatic N) is 2. The van der Waals surface area contributed by atoms with Crippen LogP contribution in [0.1, 0.15) is 42.0 Å². The minimum atomic E-state index is -0.479. The normalized spacial score (nSPS) is 14.5. The third kappa shape index (κ3) is 4.37. The molecule has 1 fully saturated rings. The fourth-order valence-electron chi connectivity index (χ4n) is 3.18. The topological polar surface area (TPSA) is 109 Å². The lowest BCUT2D eigenvalue weighted by molar-refractivity contribution is -0.122. The number of benzene rings is 1. The summed E-state index contributed by atoms with van der Waals surface area (Å²) in [6.07, 6.45) is 3.73. The number of rotatable bonds is 7. The van der Waals surface area contributed by atoms with Crippen molar-refractivity contribution in [3.05, 3.63) is 64.3 Å². The molecule has 8 nitrogen and oxygen atoms in total. The van der Waals surface area contributed by atoms with E-state index in [0.29, 0.717) is 18.3 Å². The fraction of sp³-hybridized carbons (Fsp3) is 0.333. The number of para-hydroxylation sites is 2. The number of aromatic nitrogens is 3. The Labute approximate surface area is 167 Å². The number of nitrogens with one attached hydrogen (secondary N) is 3. The van der Waals surface area contributed by atoms with Crippen LogP contribution in [0.3, 0.4) is 0 Å². The van der Waals surface area contributed by atoms with E-state index in [4.69, 9.17) is 0 Å². The maximum absolute atomic E-state index is 12.6. The smallest absolute Gasteiger partial charge is 0.263 e. The summed E-state index contributed by atoms with van der Waals surface area (Å²) in [5.74, 6) is 0.429. The largest absolute Gasteiger partial charge is 0.352 e. The fourth-order valence-corrected chi connectivity index (χ4v) is 3.18. The summed E-state index contributed by atoms with van der Waals surface area (Å²) < 4.78 is 1.24. The van der Waals surface area contributed by atoms with Crippen LogP contribution >= 0.6 is 0 Å². The van der Waals surface area contributed by atoms with E-state index < -0.39 is 11.5 Å². The first-order chi connectivity index (χ1) is 14.0. The van der Waals surface area contributed by atoms with Crippen molar-refractivity contribution in [1.29, 1.82) is 0 Å². The number of carbonyl (C=O) groups excluding carboxylic acids is 2. The molecule has 0 spiro atoms. The van der Waals surface area contributed by atoms with E-state index in [2.05, 4.69) is 20.6 Å². The molecule has 2 heterocycles. The zero-order chi connectivity index (χ0) is 20.4. The van der Waals surface area contributed by atoms with Crippen molar-refractivity contribution in [2.45, 2.75) is 32.4 Å². The number of fused-ring (bicyclic) bond motifs is 1. The molecular formula is C21H23N5O3. The summed E-state index contributed by atoms with van der Waals surface area (Å²) in [4.78, 5) is 44.9. The van der Waals surface area contributed by atoms with Gasteiger partial charge in [-0.15, -0.1) is 0 Å². The van der Waals surface area contributed by atoms with Crippen molar-refractivity contribution in [2.24, 2.45) is 5.92 Å². The number of hydrogen-bond donors (Lipinski definition) is 3. The van der Waals surface area contributed by atoms with Crippen LogP contribution < -0.4 is 16.2 Å². The van der Waals surface area contributed by atoms with Gasteiger partial charge in [-0.25, -0.2) is 4.98 Å². The van der Waals surface area contributed by atoms with Gasteiger partial charge in [-0.05, 0) is 49.9 Å². The molecule has 1 aliphatic carbocycles. The first kappa shape index (κ1) is 18.9. The highest BCUT2D eigenvalue weighted by molar-refractivity contribution is 5.93. The lowest BCUT2D eigenvalue weighted by atomic mass is 10.2. The average Bonchev–Trinajstić information content (AvgIpc) is 3.43. The van der Waals surface area contributed by atoms with Crippen molar-refractivity contribution in [3.63, 3.8) is 0 Å². The Morgan fingerprint density at radius 3 is 2.79 bits per heavy atom. The van der Waals surface area contributed by atoms with E-state index in [-0.39, 0.29) is 24.1 Å². The Balaban J connectivity index is 1.41. The maximum atomic E-state index is 12.6. The summed E-state index contributed by atoms with van der Waals surface area (Å²) >= 11 is 0. The van der Waals surface area contributed by atoms with Crippen LogP contribution in [-0.2, 0) is 11.3 Å². The van der Waals surface area contributed by atoms with Gasteiger partial charge >= 0.3 is 0 Å². The van der Waals surface area contributed by atoms with Crippen LogP contribution in [0.25, 0.3) is 11.0 Å². The average molecular weight is 393 g/mol. The highest BCUT2D eigenvalue weighted by atomic mass is 16.2. The lowest BCUT2D eigenvalue weighted by Gasteiger charge is -2.13. The minimum Gasteiger partial charge on any atom is -0.352 e. The Hall–Kier alpha value is -3.42. The van der Waals surface area contributed by atoms with Crippen LogP contribution in [0.5, 0.6) is 0 Å². The number of H-pyrrole nitrogens is 1. The molecule has 1 unspecified atom stereocenters.